The molecule has 2 saturated heterocycles. The first-order valence-electron chi connectivity index (χ1n) is 8.76. The molecule has 7 nitrogen and oxygen atoms in total. The van der Waals surface area contributed by atoms with E-state index in [1.165, 1.54) is 0 Å². The lowest BCUT2D eigenvalue weighted by Gasteiger charge is -2.19. The fourth-order valence-corrected chi connectivity index (χ4v) is 3.95. The quantitative estimate of drug-likeness (QED) is 0.882. The van der Waals surface area contributed by atoms with Crippen LogP contribution in [-0.2, 0) is 18.3 Å². The number of likely N-dealkylation sites (tertiary alicyclic amines) is 1. The lowest BCUT2D eigenvalue weighted by atomic mass is 9.93. The van der Waals surface area contributed by atoms with Gasteiger partial charge >= 0.3 is 0 Å². The summed E-state index contributed by atoms with van der Waals surface area (Å²) in [5.74, 6) is 1.63. The van der Waals surface area contributed by atoms with Crippen molar-refractivity contribution in [3.05, 3.63) is 41.5 Å². The van der Waals surface area contributed by atoms with Crippen LogP contribution in [0.4, 0.5) is 0 Å². The Hall–Kier alpha value is -2.12. The zero-order chi connectivity index (χ0) is 17.4. The van der Waals surface area contributed by atoms with E-state index in [0.717, 1.165) is 37.7 Å². The highest BCUT2D eigenvalue weighted by atomic mass is 16.5. The minimum atomic E-state index is -0.0242. The highest BCUT2D eigenvalue weighted by molar-refractivity contribution is 5.92. The van der Waals surface area contributed by atoms with Crippen molar-refractivity contribution in [2.75, 3.05) is 26.2 Å². The summed E-state index contributed by atoms with van der Waals surface area (Å²) in [7, 11) is 1.88. The van der Waals surface area contributed by atoms with Gasteiger partial charge in [-0.05, 0) is 19.1 Å². The van der Waals surface area contributed by atoms with Crippen molar-refractivity contribution in [2.45, 2.75) is 19.6 Å². The van der Waals surface area contributed by atoms with Gasteiger partial charge in [0.25, 0.3) is 5.91 Å². The molecule has 7 heteroatoms. The number of aromatic nitrogens is 2. The highest BCUT2D eigenvalue weighted by Crippen LogP contribution is 2.34. The van der Waals surface area contributed by atoms with Gasteiger partial charge in [-0.25, -0.2) is 0 Å². The van der Waals surface area contributed by atoms with Gasteiger partial charge in [-0.1, -0.05) is 5.16 Å². The van der Waals surface area contributed by atoms with E-state index in [0.29, 0.717) is 24.1 Å². The molecule has 1 N–H and O–H groups in total. The molecule has 2 aromatic heterocycles. The Morgan fingerprint density at radius 1 is 1.44 bits per heavy atom. The van der Waals surface area contributed by atoms with Crippen molar-refractivity contribution >= 4 is 5.91 Å². The molecule has 0 unspecified atom stereocenters. The van der Waals surface area contributed by atoms with E-state index in [2.05, 4.69) is 15.4 Å². The number of aryl methyl sites for hydroxylation is 2. The highest BCUT2D eigenvalue weighted by Gasteiger charge is 2.43. The summed E-state index contributed by atoms with van der Waals surface area (Å²) in [4.78, 5) is 14.6. The number of fused-ring (bicyclic) bond motifs is 1. The number of nitrogens with zero attached hydrogens (tertiary/aromatic N) is 3. The lowest BCUT2D eigenvalue weighted by molar-refractivity contribution is 0.0897. The molecule has 0 bridgehead atoms. The summed E-state index contributed by atoms with van der Waals surface area (Å²) < 4.78 is 12.9. The van der Waals surface area contributed by atoms with Crippen LogP contribution >= 0.6 is 0 Å². The number of carbonyl (C=O) groups excluding carboxylic acids is 1. The second-order valence-electron chi connectivity index (χ2n) is 7.13. The molecule has 4 rings (SSSR count). The third-order valence-corrected chi connectivity index (χ3v) is 5.28. The topological polar surface area (TPSA) is 72.5 Å². The zero-order valence-electron chi connectivity index (χ0n) is 14.6. The Kier molecular flexibility index (Phi) is 4.35. The Morgan fingerprint density at radius 2 is 2.32 bits per heavy atom. The molecule has 0 saturated carbocycles. The van der Waals surface area contributed by atoms with Crippen LogP contribution in [0.5, 0.6) is 0 Å². The van der Waals surface area contributed by atoms with Gasteiger partial charge in [-0.15, -0.1) is 0 Å². The fourth-order valence-electron chi connectivity index (χ4n) is 3.95. The molecule has 2 fully saturated rings. The van der Waals surface area contributed by atoms with Crippen molar-refractivity contribution in [2.24, 2.45) is 18.9 Å². The van der Waals surface area contributed by atoms with E-state index in [4.69, 9.17) is 9.26 Å². The van der Waals surface area contributed by atoms with Crippen LogP contribution in [0.2, 0.25) is 0 Å². The SMILES string of the molecule is Cc1cc(CN2C[C@@H]3[C@H](CNC(=O)c4cccn4C)CO[C@@H]3C2)no1. The summed E-state index contributed by atoms with van der Waals surface area (Å²) in [5.41, 5.74) is 1.65. The van der Waals surface area contributed by atoms with E-state index < -0.39 is 0 Å². The first kappa shape index (κ1) is 16.4. The number of amides is 1. The van der Waals surface area contributed by atoms with Crippen molar-refractivity contribution in [1.82, 2.24) is 19.9 Å². The van der Waals surface area contributed by atoms with Gasteiger partial charge in [0.05, 0.1) is 18.4 Å². The molecular weight excluding hydrogens is 320 g/mol. The van der Waals surface area contributed by atoms with Crippen LogP contribution < -0.4 is 5.32 Å². The maximum absolute atomic E-state index is 12.3. The Balaban J connectivity index is 1.31. The smallest absolute Gasteiger partial charge is 0.267 e. The monoisotopic (exact) mass is 344 g/mol. The van der Waals surface area contributed by atoms with Crippen LogP contribution in [0.1, 0.15) is 21.9 Å². The maximum atomic E-state index is 12.3. The minimum Gasteiger partial charge on any atom is -0.376 e. The number of carbonyl (C=O) groups is 1. The van der Waals surface area contributed by atoms with Gasteiger partial charge in [0, 0.05) is 57.3 Å². The summed E-state index contributed by atoms with van der Waals surface area (Å²) in [6.07, 6.45) is 2.13. The number of ether oxygens (including phenoxy) is 1. The summed E-state index contributed by atoms with van der Waals surface area (Å²) in [5, 5.41) is 7.13. The summed E-state index contributed by atoms with van der Waals surface area (Å²) in [6.45, 7) is 5.96. The zero-order valence-corrected chi connectivity index (χ0v) is 14.6. The van der Waals surface area contributed by atoms with Gasteiger partial charge in [0.2, 0.25) is 0 Å². The molecule has 134 valence electrons. The minimum absolute atomic E-state index is 0.0242. The average Bonchev–Trinajstić information content (AvgIpc) is 3.32. The summed E-state index contributed by atoms with van der Waals surface area (Å²) >= 11 is 0. The van der Waals surface area contributed by atoms with Crippen molar-refractivity contribution in [1.29, 1.82) is 0 Å². The van der Waals surface area contributed by atoms with Crippen LogP contribution in [-0.4, -0.2) is 52.9 Å². The second-order valence-corrected chi connectivity index (χ2v) is 7.13. The van der Waals surface area contributed by atoms with Crippen LogP contribution in [0.25, 0.3) is 0 Å². The van der Waals surface area contributed by atoms with E-state index in [1.54, 1.807) is 0 Å². The second kappa shape index (κ2) is 6.65. The first-order valence-corrected chi connectivity index (χ1v) is 8.76. The fraction of sp³-hybridized carbons (Fsp3) is 0.556. The van der Waals surface area contributed by atoms with E-state index in [1.807, 2.05) is 42.9 Å². The molecule has 3 atom stereocenters. The Bertz CT molecular complexity index is 753. The molecular formula is C18H24N4O3. The van der Waals surface area contributed by atoms with E-state index in [9.17, 15) is 4.79 Å². The maximum Gasteiger partial charge on any atom is 0.267 e. The first-order chi connectivity index (χ1) is 12.1. The molecule has 2 aliphatic heterocycles. The van der Waals surface area contributed by atoms with E-state index in [-0.39, 0.29) is 12.0 Å². The van der Waals surface area contributed by atoms with Crippen LogP contribution in [0.3, 0.4) is 0 Å². The van der Waals surface area contributed by atoms with Gasteiger partial charge < -0.3 is 19.1 Å². The molecule has 0 aromatic carbocycles. The number of rotatable bonds is 5. The molecule has 2 aromatic rings. The van der Waals surface area contributed by atoms with Crippen LogP contribution in [0.15, 0.2) is 28.9 Å². The standard InChI is InChI=1S/C18H24N4O3/c1-12-6-14(20-25-12)8-22-9-15-13(11-24-17(15)10-22)7-19-18(23)16-4-3-5-21(16)2/h3-6,13,15,17H,7-11H2,1-2H3,(H,19,23)/t13-,15-,17-/m1/s1. The normalized spacial score (nSPS) is 26.1. The molecule has 2 aliphatic rings. The van der Waals surface area contributed by atoms with Crippen LogP contribution in [0, 0.1) is 18.8 Å². The van der Waals surface area contributed by atoms with Gasteiger partial charge in [0.1, 0.15) is 11.5 Å². The molecule has 25 heavy (non-hydrogen) atoms. The van der Waals surface area contributed by atoms with Crippen molar-refractivity contribution < 1.29 is 14.1 Å². The van der Waals surface area contributed by atoms with Gasteiger partial charge in [-0.3, -0.25) is 9.69 Å². The van der Waals surface area contributed by atoms with Crippen molar-refractivity contribution in [3.8, 4) is 0 Å². The lowest BCUT2D eigenvalue weighted by Crippen LogP contribution is -2.34. The van der Waals surface area contributed by atoms with Gasteiger partial charge in [0.15, 0.2) is 0 Å². The third-order valence-electron chi connectivity index (χ3n) is 5.28. The molecule has 0 radical (unpaired) electrons. The predicted octanol–water partition coefficient (Wildman–Crippen LogP) is 1.20. The Morgan fingerprint density at radius 3 is 3.04 bits per heavy atom. The largest absolute Gasteiger partial charge is 0.376 e. The van der Waals surface area contributed by atoms with Gasteiger partial charge in [-0.2, -0.15) is 0 Å². The molecule has 0 spiro atoms. The number of hydrogen-bond acceptors (Lipinski definition) is 5. The molecule has 0 aliphatic carbocycles. The Labute approximate surface area is 146 Å². The third kappa shape index (κ3) is 3.34. The number of nitrogens with one attached hydrogen (secondary N) is 1. The average molecular weight is 344 g/mol. The van der Waals surface area contributed by atoms with Crippen molar-refractivity contribution in [3.63, 3.8) is 0 Å². The number of hydrogen-bond donors (Lipinski definition) is 1. The molecule has 1 amide bonds. The summed E-state index contributed by atoms with van der Waals surface area (Å²) in [6, 6.07) is 5.69. The van der Waals surface area contributed by atoms with E-state index >= 15 is 0 Å². The molecule has 4 heterocycles. The predicted molar refractivity (Wildman–Crippen MR) is 91.0 cm³/mol.